The number of piperidine rings is 1. The maximum atomic E-state index is 10.6. The predicted octanol–water partition coefficient (Wildman–Crippen LogP) is 1.28. The molecule has 0 atom stereocenters. The van der Waals surface area contributed by atoms with Crippen LogP contribution in [0.25, 0.3) is 0 Å². The molecular formula is C12H18N4O. The lowest BCUT2D eigenvalue weighted by molar-refractivity contribution is 0.0838. The van der Waals surface area contributed by atoms with Crippen molar-refractivity contribution in [2.45, 2.75) is 44.2 Å². The molecule has 1 aromatic rings. The van der Waals surface area contributed by atoms with Gasteiger partial charge in [0.25, 0.3) is 0 Å². The van der Waals surface area contributed by atoms with Crippen LogP contribution in [0, 0.1) is 0 Å². The molecule has 1 aliphatic carbocycles. The maximum absolute atomic E-state index is 10.6. The summed E-state index contributed by atoms with van der Waals surface area (Å²) >= 11 is 0. The lowest BCUT2D eigenvalue weighted by Gasteiger charge is -2.41. The SMILES string of the molecule is O=Cc1cn(C2CCN(C3CCC3)CC2)nn1. The Labute approximate surface area is 101 Å². The van der Waals surface area contributed by atoms with E-state index in [0.29, 0.717) is 11.7 Å². The molecule has 5 heteroatoms. The number of likely N-dealkylation sites (tertiary alicyclic amines) is 1. The molecule has 3 rings (SSSR count). The fourth-order valence-corrected chi connectivity index (χ4v) is 2.79. The first-order valence-corrected chi connectivity index (χ1v) is 6.48. The van der Waals surface area contributed by atoms with Gasteiger partial charge in [-0.2, -0.15) is 0 Å². The first-order valence-electron chi connectivity index (χ1n) is 6.48. The lowest BCUT2D eigenvalue weighted by atomic mass is 9.89. The van der Waals surface area contributed by atoms with E-state index in [-0.39, 0.29) is 0 Å². The number of carbonyl (C=O) groups is 1. The Balaban J connectivity index is 1.58. The molecular weight excluding hydrogens is 216 g/mol. The van der Waals surface area contributed by atoms with E-state index >= 15 is 0 Å². The van der Waals surface area contributed by atoms with Gasteiger partial charge in [-0.15, -0.1) is 5.10 Å². The van der Waals surface area contributed by atoms with Crippen LogP contribution >= 0.6 is 0 Å². The van der Waals surface area contributed by atoms with Crippen molar-refractivity contribution in [1.29, 1.82) is 0 Å². The van der Waals surface area contributed by atoms with Gasteiger partial charge in [0.05, 0.1) is 12.2 Å². The van der Waals surface area contributed by atoms with Crippen molar-refractivity contribution in [3.05, 3.63) is 11.9 Å². The summed E-state index contributed by atoms with van der Waals surface area (Å²) in [5, 5.41) is 7.85. The summed E-state index contributed by atoms with van der Waals surface area (Å²) in [6.07, 6.45) is 8.92. The minimum Gasteiger partial charge on any atom is -0.300 e. The van der Waals surface area contributed by atoms with E-state index in [1.165, 1.54) is 19.3 Å². The van der Waals surface area contributed by atoms with Gasteiger partial charge in [0.2, 0.25) is 0 Å². The van der Waals surface area contributed by atoms with Crippen LogP contribution in [0.4, 0.5) is 0 Å². The Kier molecular flexibility index (Phi) is 2.93. The van der Waals surface area contributed by atoms with Crippen LogP contribution in [-0.2, 0) is 0 Å². The Bertz CT molecular complexity index is 391. The van der Waals surface area contributed by atoms with Crippen molar-refractivity contribution in [1.82, 2.24) is 19.9 Å². The third kappa shape index (κ3) is 2.11. The highest BCUT2D eigenvalue weighted by atomic mass is 16.1. The van der Waals surface area contributed by atoms with Gasteiger partial charge in [-0.25, -0.2) is 4.68 Å². The smallest absolute Gasteiger partial charge is 0.171 e. The van der Waals surface area contributed by atoms with Crippen molar-refractivity contribution >= 4 is 6.29 Å². The van der Waals surface area contributed by atoms with Crippen LogP contribution < -0.4 is 0 Å². The molecule has 5 nitrogen and oxygen atoms in total. The fraction of sp³-hybridized carbons (Fsp3) is 0.750. The molecule has 0 unspecified atom stereocenters. The molecule has 92 valence electrons. The molecule has 1 saturated heterocycles. The molecule has 0 amide bonds. The minimum absolute atomic E-state index is 0.424. The number of carbonyl (C=O) groups excluding carboxylic acids is 1. The topological polar surface area (TPSA) is 51.0 Å². The zero-order valence-corrected chi connectivity index (χ0v) is 9.96. The third-order valence-corrected chi connectivity index (χ3v) is 4.11. The zero-order chi connectivity index (χ0) is 11.7. The fourth-order valence-electron chi connectivity index (χ4n) is 2.79. The van der Waals surface area contributed by atoms with Crippen LogP contribution in [0.3, 0.4) is 0 Å². The number of nitrogens with zero attached hydrogens (tertiary/aromatic N) is 4. The molecule has 1 aliphatic heterocycles. The van der Waals surface area contributed by atoms with Crippen molar-refractivity contribution in [2.75, 3.05) is 13.1 Å². The quantitative estimate of drug-likeness (QED) is 0.739. The second kappa shape index (κ2) is 4.56. The molecule has 0 aromatic carbocycles. The van der Waals surface area contributed by atoms with Crippen LogP contribution in [0.2, 0.25) is 0 Å². The van der Waals surface area contributed by atoms with Gasteiger partial charge >= 0.3 is 0 Å². The highest BCUT2D eigenvalue weighted by molar-refractivity contribution is 5.70. The molecule has 2 heterocycles. The first-order chi connectivity index (χ1) is 8.36. The summed E-state index contributed by atoms with van der Waals surface area (Å²) in [5.74, 6) is 0. The summed E-state index contributed by atoms with van der Waals surface area (Å²) in [5.41, 5.74) is 0.437. The summed E-state index contributed by atoms with van der Waals surface area (Å²) < 4.78 is 1.86. The van der Waals surface area contributed by atoms with Crippen molar-refractivity contribution in [3.8, 4) is 0 Å². The van der Waals surface area contributed by atoms with E-state index in [1.807, 2.05) is 4.68 Å². The van der Waals surface area contributed by atoms with Gasteiger partial charge in [0.15, 0.2) is 6.29 Å². The van der Waals surface area contributed by atoms with Gasteiger partial charge in [0.1, 0.15) is 5.69 Å². The van der Waals surface area contributed by atoms with Gasteiger partial charge in [-0.05, 0) is 25.7 Å². The van der Waals surface area contributed by atoms with Gasteiger partial charge in [0, 0.05) is 19.1 Å². The second-order valence-electron chi connectivity index (χ2n) is 5.09. The molecule has 2 aliphatic rings. The van der Waals surface area contributed by atoms with Crippen LogP contribution in [0.15, 0.2) is 6.20 Å². The lowest BCUT2D eigenvalue weighted by Crippen LogP contribution is -2.45. The second-order valence-corrected chi connectivity index (χ2v) is 5.09. The Morgan fingerprint density at radius 1 is 1.18 bits per heavy atom. The molecule has 0 radical (unpaired) electrons. The van der Waals surface area contributed by atoms with Crippen LogP contribution in [0.1, 0.15) is 48.6 Å². The molecule has 17 heavy (non-hydrogen) atoms. The van der Waals surface area contributed by atoms with E-state index in [9.17, 15) is 4.79 Å². The third-order valence-electron chi connectivity index (χ3n) is 4.11. The highest BCUT2D eigenvalue weighted by Gasteiger charge is 2.29. The van der Waals surface area contributed by atoms with Gasteiger partial charge < -0.3 is 4.90 Å². The summed E-state index contributed by atoms with van der Waals surface area (Å²) in [6.45, 7) is 2.32. The molecule has 0 spiro atoms. The monoisotopic (exact) mass is 234 g/mol. The van der Waals surface area contributed by atoms with Crippen molar-refractivity contribution in [2.24, 2.45) is 0 Å². The zero-order valence-electron chi connectivity index (χ0n) is 9.96. The largest absolute Gasteiger partial charge is 0.300 e. The molecule has 1 saturated carbocycles. The van der Waals surface area contributed by atoms with E-state index in [1.54, 1.807) is 6.20 Å². The van der Waals surface area contributed by atoms with Crippen LogP contribution in [-0.4, -0.2) is 45.3 Å². The van der Waals surface area contributed by atoms with E-state index in [0.717, 1.165) is 38.3 Å². The normalized spacial score (nSPS) is 23.5. The summed E-state index contributed by atoms with van der Waals surface area (Å²) in [4.78, 5) is 13.2. The molecule has 0 N–H and O–H groups in total. The summed E-state index contributed by atoms with van der Waals surface area (Å²) in [7, 11) is 0. The average molecular weight is 234 g/mol. The molecule has 0 bridgehead atoms. The van der Waals surface area contributed by atoms with Crippen LogP contribution in [0.5, 0.6) is 0 Å². The average Bonchev–Trinajstić information content (AvgIpc) is 2.76. The van der Waals surface area contributed by atoms with Crippen molar-refractivity contribution < 1.29 is 4.79 Å². The Hall–Kier alpha value is -1.23. The Morgan fingerprint density at radius 3 is 2.47 bits per heavy atom. The van der Waals surface area contributed by atoms with E-state index < -0.39 is 0 Å². The minimum atomic E-state index is 0.424. The van der Waals surface area contributed by atoms with E-state index in [2.05, 4.69) is 15.2 Å². The standard InChI is InChI=1S/C12H18N4O/c17-9-10-8-16(14-13-10)12-4-6-15(7-5-12)11-2-1-3-11/h8-9,11-12H,1-7H2. The number of aromatic nitrogens is 3. The number of hydrogen-bond donors (Lipinski definition) is 0. The number of rotatable bonds is 3. The Morgan fingerprint density at radius 2 is 1.94 bits per heavy atom. The highest BCUT2D eigenvalue weighted by Crippen LogP contribution is 2.30. The number of aldehydes is 1. The van der Waals surface area contributed by atoms with E-state index in [4.69, 9.17) is 0 Å². The molecule has 1 aromatic heterocycles. The van der Waals surface area contributed by atoms with Gasteiger partial charge in [-0.3, -0.25) is 4.79 Å². The van der Waals surface area contributed by atoms with Crippen molar-refractivity contribution in [3.63, 3.8) is 0 Å². The predicted molar refractivity (Wildman–Crippen MR) is 62.9 cm³/mol. The van der Waals surface area contributed by atoms with Gasteiger partial charge in [-0.1, -0.05) is 11.6 Å². The summed E-state index contributed by atoms with van der Waals surface area (Å²) in [6, 6.07) is 1.27. The molecule has 2 fully saturated rings. The first kappa shape index (κ1) is 10.9. The number of hydrogen-bond acceptors (Lipinski definition) is 4. The maximum Gasteiger partial charge on any atom is 0.171 e.